The molecular formula is C12H9Cl2NO2. The fourth-order valence-corrected chi connectivity index (χ4v) is 2.31. The molecule has 2 rings (SSSR count). The number of halogens is 2. The van der Waals surface area contributed by atoms with E-state index in [1.165, 1.54) is 0 Å². The number of carbonyl (C=O) groups is 1. The Morgan fingerprint density at radius 3 is 2.71 bits per heavy atom. The Balaban J connectivity index is 2.92. The molecule has 1 heterocycles. The molecule has 17 heavy (non-hydrogen) atoms. The van der Waals surface area contributed by atoms with E-state index in [9.17, 15) is 4.79 Å². The third-order valence-electron chi connectivity index (χ3n) is 2.58. The summed E-state index contributed by atoms with van der Waals surface area (Å²) in [7, 11) is 0. The summed E-state index contributed by atoms with van der Waals surface area (Å²) >= 11 is 11.8. The van der Waals surface area contributed by atoms with Crippen molar-refractivity contribution in [2.75, 3.05) is 0 Å². The minimum absolute atomic E-state index is 0.0178. The molecule has 1 aromatic heterocycles. The van der Waals surface area contributed by atoms with Gasteiger partial charge >= 0.3 is 5.97 Å². The molecule has 5 heteroatoms. The molecule has 0 fully saturated rings. The van der Waals surface area contributed by atoms with Gasteiger partial charge in [0, 0.05) is 10.4 Å². The molecule has 0 aliphatic carbocycles. The Morgan fingerprint density at radius 2 is 2.12 bits per heavy atom. The summed E-state index contributed by atoms with van der Waals surface area (Å²) in [5, 5.41) is 10.5. The van der Waals surface area contributed by atoms with Crippen LogP contribution in [-0.4, -0.2) is 16.1 Å². The summed E-state index contributed by atoms with van der Waals surface area (Å²) in [5.41, 5.74) is 1.38. The van der Waals surface area contributed by atoms with Crippen LogP contribution in [0, 0.1) is 0 Å². The summed E-state index contributed by atoms with van der Waals surface area (Å²) in [4.78, 5) is 15.2. The Labute approximate surface area is 108 Å². The fourth-order valence-electron chi connectivity index (χ4n) is 1.85. The molecule has 0 atom stereocenters. The second kappa shape index (κ2) is 4.51. The summed E-state index contributed by atoms with van der Waals surface area (Å²) in [6.07, 6.45) is 0.556. The van der Waals surface area contributed by atoms with Gasteiger partial charge in [-0.15, -0.1) is 0 Å². The maximum Gasteiger partial charge on any atom is 0.339 e. The van der Waals surface area contributed by atoms with Crippen LogP contribution in [0.3, 0.4) is 0 Å². The zero-order chi connectivity index (χ0) is 12.6. The number of carboxylic acids is 1. The lowest BCUT2D eigenvalue weighted by Crippen LogP contribution is -2.05. The van der Waals surface area contributed by atoms with Crippen molar-refractivity contribution >= 4 is 40.1 Å². The van der Waals surface area contributed by atoms with Crippen LogP contribution in [0.25, 0.3) is 10.9 Å². The van der Waals surface area contributed by atoms with Gasteiger partial charge < -0.3 is 5.11 Å². The van der Waals surface area contributed by atoms with Gasteiger partial charge in [0.15, 0.2) is 0 Å². The van der Waals surface area contributed by atoms with Crippen molar-refractivity contribution in [1.82, 2.24) is 4.98 Å². The van der Waals surface area contributed by atoms with E-state index in [1.807, 2.05) is 6.92 Å². The third-order valence-corrected chi connectivity index (χ3v) is 3.09. The Bertz CT molecular complexity index is 611. The third kappa shape index (κ3) is 2.08. The molecule has 1 N–H and O–H groups in total. The van der Waals surface area contributed by atoms with Gasteiger partial charge in [-0.05, 0) is 30.2 Å². The topological polar surface area (TPSA) is 50.2 Å². The molecule has 0 bridgehead atoms. The van der Waals surface area contributed by atoms with Crippen molar-refractivity contribution in [1.29, 1.82) is 0 Å². The van der Waals surface area contributed by atoms with Gasteiger partial charge in [-0.1, -0.05) is 30.1 Å². The molecule has 88 valence electrons. The van der Waals surface area contributed by atoms with Crippen LogP contribution in [0.1, 0.15) is 22.8 Å². The maximum absolute atomic E-state index is 11.2. The van der Waals surface area contributed by atoms with Gasteiger partial charge in [0.2, 0.25) is 0 Å². The highest BCUT2D eigenvalue weighted by atomic mass is 35.5. The van der Waals surface area contributed by atoms with Gasteiger partial charge in [0.05, 0.1) is 5.52 Å². The van der Waals surface area contributed by atoms with E-state index in [2.05, 4.69) is 4.98 Å². The van der Waals surface area contributed by atoms with Crippen LogP contribution < -0.4 is 0 Å². The first kappa shape index (κ1) is 12.1. The number of carboxylic acid groups (broad SMARTS) is 1. The average molecular weight is 270 g/mol. The predicted octanol–water partition coefficient (Wildman–Crippen LogP) is 3.80. The zero-order valence-electron chi connectivity index (χ0n) is 9.00. The lowest BCUT2D eigenvalue weighted by molar-refractivity contribution is 0.0696. The second-order valence-corrected chi connectivity index (χ2v) is 4.37. The quantitative estimate of drug-likeness (QED) is 0.844. The summed E-state index contributed by atoms with van der Waals surface area (Å²) in [6, 6.07) is 5.15. The monoisotopic (exact) mass is 269 g/mol. The number of nitrogens with zero attached hydrogens (tertiary/aromatic N) is 1. The molecule has 0 saturated carbocycles. The van der Waals surface area contributed by atoms with E-state index in [1.54, 1.807) is 18.2 Å². The maximum atomic E-state index is 11.2. The number of aromatic carboxylic acids is 1. The minimum atomic E-state index is -1.07. The SMILES string of the molecule is CCc1c(C(=O)O)c(Cl)nc2ccc(Cl)cc12. The minimum Gasteiger partial charge on any atom is -0.478 e. The molecule has 0 aliphatic rings. The van der Waals surface area contributed by atoms with Crippen LogP contribution in [0.15, 0.2) is 18.2 Å². The van der Waals surface area contributed by atoms with E-state index >= 15 is 0 Å². The highest BCUT2D eigenvalue weighted by molar-refractivity contribution is 6.33. The van der Waals surface area contributed by atoms with Crippen LogP contribution >= 0.6 is 23.2 Å². The van der Waals surface area contributed by atoms with Gasteiger partial charge in [0.25, 0.3) is 0 Å². The summed E-state index contributed by atoms with van der Waals surface area (Å²) in [5.74, 6) is -1.07. The second-order valence-electron chi connectivity index (χ2n) is 3.58. The van der Waals surface area contributed by atoms with Gasteiger partial charge in [-0.2, -0.15) is 0 Å². The summed E-state index contributed by atoms with van der Waals surface area (Å²) in [6.45, 7) is 1.87. The Kier molecular flexibility index (Phi) is 3.22. The number of aryl methyl sites for hydroxylation is 1. The number of rotatable bonds is 2. The molecule has 2 aromatic rings. The predicted molar refractivity (Wildman–Crippen MR) is 68.1 cm³/mol. The average Bonchev–Trinajstić information content (AvgIpc) is 2.27. The smallest absolute Gasteiger partial charge is 0.339 e. The van der Waals surface area contributed by atoms with Gasteiger partial charge in [-0.25, -0.2) is 9.78 Å². The van der Waals surface area contributed by atoms with Crippen molar-refractivity contribution in [2.45, 2.75) is 13.3 Å². The molecule has 0 unspecified atom stereocenters. The first-order chi connectivity index (χ1) is 8.04. The normalized spacial score (nSPS) is 10.8. The fraction of sp³-hybridized carbons (Fsp3) is 0.167. The van der Waals surface area contributed by atoms with Crippen LogP contribution in [-0.2, 0) is 6.42 Å². The standard InChI is InChI=1S/C12H9Cl2NO2/c1-2-7-8-5-6(13)3-4-9(8)15-11(14)10(7)12(16)17/h3-5H,2H2,1H3,(H,16,17). The van der Waals surface area contributed by atoms with Crippen LogP contribution in [0.5, 0.6) is 0 Å². The van der Waals surface area contributed by atoms with Crippen LogP contribution in [0.2, 0.25) is 10.2 Å². The number of hydrogen-bond acceptors (Lipinski definition) is 2. The van der Waals surface area contributed by atoms with Gasteiger partial charge in [0.1, 0.15) is 10.7 Å². The van der Waals surface area contributed by atoms with Crippen molar-refractivity contribution < 1.29 is 9.90 Å². The first-order valence-corrected chi connectivity index (χ1v) is 5.81. The van der Waals surface area contributed by atoms with Crippen molar-refractivity contribution in [3.8, 4) is 0 Å². The Morgan fingerprint density at radius 1 is 1.41 bits per heavy atom. The number of benzene rings is 1. The molecule has 0 saturated heterocycles. The molecule has 1 aromatic carbocycles. The lowest BCUT2D eigenvalue weighted by atomic mass is 10.0. The molecule has 3 nitrogen and oxygen atoms in total. The highest BCUT2D eigenvalue weighted by Gasteiger charge is 2.18. The highest BCUT2D eigenvalue weighted by Crippen LogP contribution is 2.29. The molecule has 0 aliphatic heterocycles. The molecule has 0 radical (unpaired) electrons. The Hall–Kier alpha value is -1.32. The van der Waals surface area contributed by atoms with E-state index in [0.717, 1.165) is 5.39 Å². The number of aromatic nitrogens is 1. The van der Waals surface area contributed by atoms with E-state index in [0.29, 0.717) is 22.5 Å². The van der Waals surface area contributed by atoms with Crippen molar-refractivity contribution in [3.05, 3.63) is 39.5 Å². The van der Waals surface area contributed by atoms with Crippen molar-refractivity contribution in [2.24, 2.45) is 0 Å². The number of fused-ring (bicyclic) bond motifs is 1. The number of pyridine rings is 1. The number of hydrogen-bond donors (Lipinski definition) is 1. The zero-order valence-corrected chi connectivity index (χ0v) is 10.5. The largest absolute Gasteiger partial charge is 0.478 e. The van der Waals surface area contributed by atoms with Crippen molar-refractivity contribution in [3.63, 3.8) is 0 Å². The lowest BCUT2D eigenvalue weighted by Gasteiger charge is -2.10. The molecular weight excluding hydrogens is 261 g/mol. The first-order valence-electron chi connectivity index (χ1n) is 5.05. The van der Waals surface area contributed by atoms with E-state index in [4.69, 9.17) is 28.3 Å². The van der Waals surface area contributed by atoms with Gasteiger partial charge in [-0.3, -0.25) is 0 Å². The van der Waals surface area contributed by atoms with Crippen LogP contribution in [0.4, 0.5) is 0 Å². The summed E-state index contributed by atoms with van der Waals surface area (Å²) < 4.78 is 0. The van der Waals surface area contributed by atoms with E-state index < -0.39 is 5.97 Å². The molecule has 0 spiro atoms. The van der Waals surface area contributed by atoms with E-state index in [-0.39, 0.29) is 10.7 Å². The molecule has 0 amide bonds.